The summed E-state index contributed by atoms with van der Waals surface area (Å²) in [6.07, 6.45) is 12.8. The third-order valence-electron chi connectivity index (χ3n) is 4.57. The zero-order valence-electron chi connectivity index (χ0n) is 16.1. The minimum Gasteiger partial charge on any atom is -0.748 e. The molecule has 2 unspecified atom stereocenters. The van der Waals surface area contributed by atoms with E-state index >= 15 is 0 Å². The van der Waals surface area contributed by atoms with Crippen molar-refractivity contribution in [3.8, 4) is 0 Å². The van der Waals surface area contributed by atoms with Crippen LogP contribution in [0.3, 0.4) is 0 Å². The maximum Gasteiger partial charge on any atom is 1.00 e. The van der Waals surface area contributed by atoms with Gasteiger partial charge in [-0.1, -0.05) is 78.1 Å². The van der Waals surface area contributed by atoms with Crippen LogP contribution in [0.15, 0.2) is 0 Å². The van der Waals surface area contributed by atoms with Crippen molar-refractivity contribution in [3.05, 3.63) is 0 Å². The number of hydrogen-bond acceptors (Lipinski definition) is 4. The molecule has 0 aliphatic carbocycles. The number of aliphatic hydroxyl groups excluding tert-OH is 1. The van der Waals surface area contributed by atoms with Crippen LogP contribution in [0.4, 0.5) is 0 Å². The van der Waals surface area contributed by atoms with E-state index in [0.717, 1.165) is 64.2 Å². The Morgan fingerprint density at radius 1 is 0.792 bits per heavy atom. The van der Waals surface area contributed by atoms with Gasteiger partial charge in [0.2, 0.25) is 0 Å². The zero-order valence-corrected chi connectivity index (χ0v) is 20.1. The molecule has 1 N–H and O–H groups in total. The molecular weight excluding hydrogens is 351 g/mol. The Morgan fingerprint density at radius 3 is 1.62 bits per heavy atom. The molecular formula is C18H37KO4S. The van der Waals surface area contributed by atoms with E-state index in [1.165, 1.54) is 12.8 Å². The second kappa shape index (κ2) is 17.9. The predicted molar refractivity (Wildman–Crippen MR) is 95.5 cm³/mol. The van der Waals surface area contributed by atoms with Crippen molar-refractivity contribution >= 4 is 10.1 Å². The summed E-state index contributed by atoms with van der Waals surface area (Å²) in [5.74, 6) is 0. The summed E-state index contributed by atoms with van der Waals surface area (Å²) in [6, 6.07) is 0. The van der Waals surface area contributed by atoms with Crippen LogP contribution in [0.25, 0.3) is 0 Å². The fourth-order valence-electron chi connectivity index (χ4n) is 2.89. The molecule has 0 rings (SSSR count). The molecule has 0 aliphatic rings. The van der Waals surface area contributed by atoms with E-state index in [1.54, 1.807) is 0 Å². The Morgan fingerprint density at radius 2 is 1.21 bits per heavy atom. The summed E-state index contributed by atoms with van der Waals surface area (Å²) < 4.78 is 34.0. The second-order valence-electron chi connectivity index (χ2n) is 6.72. The van der Waals surface area contributed by atoms with Gasteiger partial charge in [-0.25, -0.2) is 8.42 Å². The van der Waals surface area contributed by atoms with Crippen molar-refractivity contribution in [2.45, 2.75) is 115 Å². The molecule has 0 aliphatic heterocycles. The molecule has 0 bridgehead atoms. The molecule has 0 radical (unpaired) electrons. The minimum atomic E-state index is -4.15. The van der Waals surface area contributed by atoms with Crippen molar-refractivity contribution in [2.75, 3.05) is 0 Å². The first-order chi connectivity index (χ1) is 10.9. The normalized spacial score (nSPS) is 14.2. The fourth-order valence-corrected chi connectivity index (χ4v) is 3.81. The van der Waals surface area contributed by atoms with Crippen LogP contribution in [0.1, 0.15) is 104 Å². The van der Waals surface area contributed by atoms with Gasteiger partial charge < -0.3 is 9.66 Å². The van der Waals surface area contributed by atoms with Gasteiger partial charge in [0.05, 0.1) is 16.2 Å². The monoisotopic (exact) mass is 388 g/mol. The van der Waals surface area contributed by atoms with Crippen LogP contribution in [-0.2, 0) is 10.1 Å². The number of unbranched alkanes of at least 4 members (excludes halogenated alkanes) is 8. The van der Waals surface area contributed by atoms with Gasteiger partial charge in [0.15, 0.2) is 0 Å². The van der Waals surface area contributed by atoms with Crippen LogP contribution >= 0.6 is 0 Å². The first-order valence-corrected chi connectivity index (χ1v) is 11.0. The maximum absolute atomic E-state index is 11.3. The first-order valence-electron chi connectivity index (χ1n) is 9.54. The van der Waals surface area contributed by atoms with Crippen LogP contribution in [-0.4, -0.2) is 29.4 Å². The first kappa shape index (κ1) is 27.7. The Hall–Kier alpha value is 1.51. The Balaban J connectivity index is 0. The Labute approximate surface area is 192 Å². The average molecular weight is 389 g/mol. The molecule has 140 valence electrons. The van der Waals surface area contributed by atoms with Crippen LogP contribution < -0.4 is 51.4 Å². The summed E-state index contributed by atoms with van der Waals surface area (Å²) in [4.78, 5) is 0. The van der Waals surface area contributed by atoms with Crippen molar-refractivity contribution < 1.29 is 69.5 Å². The topological polar surface area (TPSA) is 77.4 Å². The van der Waals surface area contributed by atoms with Gasteiger partial charge in [0, 0.05) is 5.25 Å². The van der Waals surface area contributed by atoms with Gasteiger partial charge >= 0.3 is 51.4 Å². The zero-order chi connectivity index (χ0) is 17.6. The molecule has 0 fully saturated rings. The molecule has 0 aromatic rings. The molecule has 0 amide bonds. The standard InChI is InChI=1S/C18H38O4S.K/c1-3-5-6-8-12-15-18(23(20,21)22)16-13-10-7-9-11-14-17(19)4-2;/h17-19H,3-16H2,1-2H3,(H,20,21,22);/q;+1/p-1. The van der Waals surface area contributed by atoms with Gasteiger partial charge in [0.1, 0.15) is 0 Å². The molecule has 0 aromatic carbocycles. The van der Waals surface area contributed by atoms with Gasteiger partial charge in [-0.2, -0.15) is 0 Å². The number of rotatable bonds is 16. The van der Waals surface area contributed by atoms with Crippen LogP contribution in [0.5, 0.6) is 0 Å². The van der Waals surface area contributed by atoms with E-state index in [-0.39, 0.29) is 57.5 Å². The van der Waals surface area contributed by atoms with Gasteiger partial charge in [-0.15, -0.1) is 0 Å². The SMILES string of the molecule is CCCCCCCC(CCCCCCCC(O)CC)S(=O)(=O)[O-].[K+]. The molecule has 0 aromatic heterocycles. The van der Waals surface area contributed by atoms with E-state index in [1.807, 2.05) is 6.92 Å². The van der Waals surface area contributed by atoms with E-state index in [2.05, 4.69) is 6.92 Å². The largest absolute Gasteiger partial charge is 1.00 e. The van der Waals surface area contributed by atoms with E-state index in [0.29, 0.717) is 12.8 Å². The van der Waals surface area contributed by atoms with Crippen molar-refractivity contribution in [3.63, 3.8) is 0 Å². The van der Waals surface area contributed by atoms with Crippen molar-refractivity contribution in [1.82, 2.24) is 0 Å². The molecule has 2 atom stereocenters. The second-order valence-corrected chi connectivity index (χ2v) is 8.38. The molecule has 0 heterocycles. The number of aliphatic hydroxyl groups is 1. The Kier molecular flexibility index (Phi) is 20.7. The van der Waals surface area contributed by atoms with E-state index < -0.39 is 15.4 Å². The molecule has 24 heavy (non-hydrogen) atoms. The smallest absolute Gasteiger partial charge is 0.748 e. The van der Waals surface area contributed by atoms with Crippen molar-refractivity contribution in [1.29, 1.82) is 0 Å². The van der Waals surface area contributed by atoms with Gasteiger partial charge in [0.25, 0.3) is 0 Å². The molecule has 0 saturated heterocycles. The Bertz CT molecular complexity index is 360. The summed E-state index contributed by atoms with van der Waals surface area (Å²) >= 11 is 0. The van der Waals surface area contributed by atoms with Crippen molar-refractivity contribution in [2.24, 2.45) is 0 Å². The molecule has 6 heteroatoms. The quantitative estimate of drug-likeness (QED) is 0.248. The summed E-state index contributed by atoms with van der Waals surface area (Å²) in [5, 5.41) is 8.77. The maximum atomic E-state index is 11.3. The van der Waals surface area contributed by atoms with E-state index in [4.69, 9.17) is 0 Å². The molecule has 0 saturated carbocycles. The third kappa shape index (κ3) is 16.9. The van der Waals surface area contributed by atoms with Gasteiger partial charge in [-0.05, 0) is 25.7 Å². The summed E-state index contributed by atoms with van der Waals surface area (Å²) in [7, 11) is -4.15. The molecule has 4 nitrogen and oxygen atoms in total. The third-order valence-corrected chi connectivity index (χ3v) is 5.86. The molecule has 0 spiro atoms. The number of hydrogen-bond donors (Lipinski definition) is 1. The predicted octanol–water partition coefficient (Wildman–Crippen LogP) is 1.77. The van der Waals surface area contributed by atoms with Gasteiger partial charge in [-0.3, -0.25) is 0 Å². The average Bonchev–Trinajstić information content (AvgIpc) is 2.50. The van der Waals surface area contributed by atoms with Crippen LogP contribution in [0.2, 0.25) is 0 Å². The minimum absolute atomic E-state index is 0. The summed E-state index contributed by atoms with van der Waals surface area (Å²) in [5.41, 5.74) is 0. The van der Waals surface area contributed by atoms with Crippen LogP contribution in [0, 0.1) is 0 Å². The summed E-state index contributed by atoms with van der Waals surface area (Å²) in [6.45, 7) is 4.13. The fraction of sp³-hybridized carbons (Fsp3) is 1.00. The van der Waals surface area contributed by atoms with E-state index in [9.17, 15) is 18.1 Å².